The Kier molecular flexibility index (Phi) is 9.84. The van der Waals surface area contributed by atoms with Gasteiger partial charge in [0.1, 0.15) is 24.0 Å². The normalized spacial score (nSPS) is 18.4. The van der Waals surface area contributed by atoms with Crippen molar-refractivity contribution in [3.05, 3.63) is 138 Å². The van der Waals surface area contributed by atoms with Crippen LogP contribution in [0, 0.1) is 0 Å². The highest BCUT2D eigenvalue weighted by molar-refractivity contribution is 5.95. The van der Waals surface area contributed by atoms with Gasteiger partial charge in [0.05, 0.1) is 18.7 Å². The lowest BCUT2D eigenvalue weighted by Crippen LogP contribution is -2.75. The zero-order valence-electron chi connectivity index (χ0n) is 26.7. The number of carbonyl (C=O) groups is 4. The Morgan fingerprint density at radius 3 is 2.35 bits per heavy atom. The van der Waals surface area contributed by atoms with E-state index in [2.05, 4.69) is 17.3 Å². The number of carbonyl (C=O) groups excluding carboxylic acids is 3. The Balaban J connectivity index is 1.41. The summed E-state index contributed by atoms with van der Waals surface area (Å²) in [4.78, 5) is 57.4. The maximum Gasteiger partial charge on any atom is 0.335 e. The van der Waals surface area contributed by atoms with Gasteiger partial charge in [-0.1, -0.05) is 78.9 Å². The number of carboxylic acids is 1. The predicted octanol–water partition coefficient (Wildman–Crippen LogP) is 3.73. The van der Waals surface area contributed by atoms with Crippen LogP contribution in [0.15, 0.2) is 116 Å². The van der Waals surface area contributed by atoms with Crippen LogP contribution in [-0.4, -0.2) is 80.6 Å². The van der Waals surface area contributed by atoms with Crippen LogP contribution < -0.4 is 10.7 Å². The number of nitrogens with one attached hydrogen (secondary N) is 2. The van der Waals surface area contributed by atoms with E-state index in [-0.39, 0.29) is 43.3 Å². The molecule has 0 saturated carbocycles. The summed E-state index contributed by atoms with van der Waals surface area (Å²) < 4.78 is 0. The minimum Gasteiger partial charge on any atom is -0.508 e. The molecule has 11 heteroatoms. The number of piperazine rings is 1. The second kappa shape index (κ2) is 14.5. The molecule has 2 aliphatic heterocycles. The Labute approximate surface area is 284 Å². The lowest BCUT2D eigenvalue weighted by Gasteiger charge is -2.52. The quantitative estimate of drug-likeness (QED) is 0.179. The molecular weight excluding hydrogens is 622 g/mol. The molecule has 3 amide bonds. The largest absolute Gasteiger partial charge is 0.508 e. The van der Waals surface area contributed by atoms with Crippen molar-refractivity contribution in [2.45, 2.75) is 31.2 Å². The molecule has 4 N–H and O–H groups in total. The van der Waals surface area contributed by atoms with Gasteiger partial charge >= 0.3 is 5.97 Å². The van der Waals surface area contributed by atoms with Crippen LogP contribution in [0.25, 0.3) is 11.1 Å². The number of hydrogen-bond donors (Lipinski definition) is 4. The molecule has 4 aromatic carbocycles. The molecule has 3 atom stereocenters. The summed E-state index contributed by atoms with van der Waals surface area (Å²) in [6.07, 6.45) is 1.21. The highest BCUT2D eigenvalue weighted by Crippen LogP contribution is 2.33. The van der Waals surface area contributed by atoms with Gasteiger partial charge in [-0.05, 0) is 58.1 Å². The fourth-order valence-electron chi connectivity index (χ4n) is 6.47. The summed E-state index contributed by atoms with van der Waals surface area (Å²) in [7, 11) is 0. The highest BCUT2D eigenvalue weighted by atomic mass is 16.4. The minimum absolute atomic E-state index is 0.0203. The van der Waals surface area contributed by atoms with Crippen LogP contribution in [0.2, 0.25) is 0 Å². The number of nitrogens with zero attached hydrogens (tertiary/aromatic N) is 3. The molecule has 250 valence electrons. The van der Waals surface area contributed by atoms with Gasteiger partial charge in [0.2, 0.25) is 17.7 Å². The first kappa shape index (κ1) is 33.1. The molecular formula is C38H37N5O6. The average Bonchev–Trinajstić information content (AvgIpc) is 3.10. The number of fused-ring (bicyclic) bond motifs is 1. The van der Waals surface area contributed by atoms with Crippen LogP contribution in [0.3, 0.4) is 0 Å². The fourth-order valence-corrected chi connectivity index (χ4v) is 6.47. The molecule has 4 aromatic rings. The zero-order valence-corrected chi connectivity index (χ0v) is 26.7. The second-order valence-electron chi connectivity index (χ2n) is 12.1. The lowest BCUT2D eigenvalue weighted by molar-refractivity contribution is -0.171. The first-order valence-corrected chi connectivity index (χ1v) is 16.0. The Morgan fingerprint density at radius 1 is 0.918 bits per heavy atom. The van der Waals surface area contributed by atoms with Crippen LogP contribution in [0.4, 0.5) is 0 Å². The number of hydrogen-bond acceptors (Lipinski definition) is 7. The van der Waals surface area contributed by atoms with E-state index < -0.39 is 36.0 Å². The summed E-state index contributed by atoms with van der Waals surface area (Å²) in [6.45, 7) is 4.48. The first-order valence-electron chi connectivity index (χ1n) is 16.0. The number of amides is 3. The van der Waals surface area contributed by atoms with Gasteiger partial charge in [-0.3, -0.25) is 14.4 Å². The lowest BCUT2D eigenvalue weighted by atomic mass is 9.93. The molecule has 0 aromatic heterocycles. The number of rotatable bonds is 11. The van der Waals surface area contributed by atoms with Crippen molar-refractivity contribution in [3.8, 4) is 16.9 Å². The Bertz CT molecular complexity index is 1860. The van der Waals surface area contributed by atoms with Crippen molar-refractivity contribution in [1.82, 2.24) is 25.6 Å². The van der Waals surface area contributed by atoms with E-state index in [1.165, 1.54) is 23.1 Å². The fraction of sp³-hybridized carbons (Fsp3) is 0.211. The van der Waals surface area contributed by atoms with Crippen LogP contribution in [0.5, 0.6) is 5.75 Å². The van der Waals surface area contributed by atoms with E-state index in [4.69, 9.17) is 0 Å². The SMILES string of the molecule is C=CCN1CC(=O)N2C(CN(C(C(=O)NCc3ccccc3)c3cccc(-c4cccc(C(=O)O)c4)c3)C(=O)C2Cc2ccc(O)cc2)N1. The van der Waals surface area contributed by atoms with Gasteiger partial charge in [0.25, 0.3) is 0 Å². The zero-order chi connectivity index (χ0) is 34.5. The third-order valence-electron chi connectivity index (χ3n) is 8.78. The average molecular weight is 660 g/mol. The van der Waals surface area contributed by atoms with Crippen molar-refractivity contribution >= 4 is 23.7 Å². The summed E-state index contributed by atoms with van der Waals surface area (Å²) in [5, 5.41) is 24.2. The van der Waals surface area contributed by atoms with Crippen molar-refractivity contribution < 1.29 is 29.4 Å². The number of aromatic carboxylic acids is 1. The van der Waals surface area contributed by atoms with Crippen molar-refractivity contribution in [2.24, 2.45) is 0 Å². The van der Waals surface area contributed by atoms with Crippen molar-refractivity contribution in [1.29, 1.82) is 0 Å². The third kappa shape index (κ3) is 7.38. The maximum absolute atomic E-state index is 14.7. The Hall–Kier alpha value is -5.78. The molecule has 2 aliphatic rings. The summed E-state index contributed by atoms with van der Waals surface area (Å²) in [6, 6.07) is 27.6. The van der Waals surface area contributed by atoms with E-state index in [1.807, 2.05) is 36.4 Å². The number of benzene rings is 4. The minimum atomic E-state index is -1.09. The number of phenols is 1. The van der Waals surface area contributed by atoms with E-state index in [0.717, 1.165) is 11.1 Å². The molecule has 0 aliphatic carbocycles. The topological polar surface area (TPSA) is 143 Å². The van der Waals surface area contributed by atoms with Gasteiger partial charge in [0, 0.05) is 19.5 Å². The first-order chi connectivity index (χ1) is 23.7. The number of phenolic OH excluding ortho intramolecular Hbond substituents is 1. The van der Waals surface area contributed by atoms with Gasteiger partial charge in [-0.2, -0.15) is 0 Å². The summed E-state index contributed by atoms with van der Waals surface area (Å²) in [5.74, 6) is -2.00. The van der Waals surface area contributed by atoms with Crippen molar-refractivity contribution in [3.63, 3.8) is 0 Å². The van der Waals surface area contributed by atoms with E-state index >= 15 is 0 Å². The van der Waals surface area contributed by atoms with Gasteiger partial charge in [-0.25, -0.2) is 15.2 Å². The molecule has 2 fully saturated rings. The molecule has 49 heavy (non-hydrogen) atoms. The third-order valence-corrected chi connectivity index (χ3v) is 8.78. The van der Waals surface area contributed by atoms with E-state index in [9.17, 15) is 29.4 Å². The smallest absolute Gasteiger partial charge is 0.335 e. The molecule has 11 nitrogen and oxygen atoms in total. The van der Waals surface area contributed by atoms with Gasteiger partial charge in [-0.15, -0.1) is 6.58 Å². The predicted molar refractivity (Wildman–Crippen MR) is 183 cm³/mol. The summed E-state index contributed by atoms with van der Waals surface area (Å²) in [5.41, 5.74) is 6.96. The van der Waals surface area contributed by atoms with E-state index in [1.54, 1.807) is 64.5 Å². The van der Waals surface area contributed by atoms with Crippen LogP contribution >= 0.6 is 0 Å². The molecule has 0 radical (unpaired) electrons. The Morgan fingerprint density at radius 2 is 1.63 bits per heavy atom. The number of aromatic hydroxyl groups is 1. The summed E-state index contributed by atoms with van der Waals surface area (Å²) >= 11 is 0. The maximum atomic E-state index is 14.7. The van der Waals surface area contributed by atoms with Crippen LogP contribution in [0.1, 0.15) is 33.1 Å². The second-order valence-corrected chi connectivity index (χ2v) is 12.1. The van der Waals surface area contributed by atoms with Crippen LogP contribution in [-0.2, 0) is 27.3 Å². The highest BCUT2D eigenvalue weighted by Gasteiger charge is 2.49. The molecule has 0 spiro atoms. The van der Waals surface area contributed by atoms with E-state index in [0.29, 0.717) is 23.2 Å². The molecule has 6 rings (SSSR count). The van der Waals surface area contributed by atoms with Gasteiger partial charge < -0.3 is 25.3 Å². The van der Waals surface area contributed by atoms with Crippen molar-refractivity contribution in [2.75, 3.05) is 19.6 Å². The van der Waals surface area contributed by atoms with Gasteiger partial charge in [0.15, 0.2) is 0 Å². The molecule has 3 unspecified atom stereocenters. The molecule has 0 bridgehead atoms. The standard InChI is InChI=1S/C38H37N5O6/c1-2-18-41-24-34(45)43-32(19-25-14-16-31(44)17-15-25)37(47)42(23-33(43)40-41)35(36(46)39-22-26-8-4-3-5-9-26)29-12-6-10-27(20-29)28-11-7-13-30(21-28)38(48)49/h2-17,20-21,32-33,35,40,44H,1,18-19,22-24H2,(H,39,46)(H,48,49). The molecule has 2 saturated heterocycles. The number of hydrazine groups is 1. The molecule has 2 heterocycles. The number of carboxylic acid groups (broad SMARTS) is 1. The monoisotopic (exact) mass is 659 g/mol.